The molecule has 0 aliphatic rings. The number of carbonyl (C=O) groups is 4. The molecule has 0 bridgehead atoms. The summed E-state index contributed by atoms with van der Waals surface area (Å²) in [6.45, 7) is 3.88. The number of nitro benzene ring substituents is 1. The number of ether oxygens (including phenoxy) is 5. The summed E-state index contributed by atoms with van der Waals surface area (Å²) < 4.78 is 35.2. The fourth-order valence-electron chi connectivity index (χ4n) is 11.4. The largest absolute Gasteiger partial charge is 0.483 e. The lowest BCUT2D eigenvalue weighted by molar-refractivity contribution is -0.384. The Hall–Kier alpha value is -11.1. The molecule has 9 rings (SSSR count). The van der Waals surface area contributed by atoms with E-state index < -0.39 is 44.9 Å². The number of rotatable bonds is 39. The zero-order valence-corrected chi connectivity index (χ0v) is 55.4. The summed E-state index contributed by atoms with van der Waals surface area (Å²) in [6.07, 6.45) is 5.83. The highest BCUT2D eigenvalue weighted by Gasteiger charge is 2.33. The average molecular weight is 1340 g/mol. The van der Waals surface area contributed by atoms with E-state index in [0.29, 0.717) is 19.8 Å². The van der Waals surface area contributed by atoms with Gasteiger partial charge < -0.3 is 58.7 Å². The van der Waals surface area contributed by atoms with E-state index in [0.717, 1.165) is 27.8 Å². The molecule has 0 spiro atoms. The van der Waals surface area contributed by atoms with E-state index in [9.17, 15) is 43.7 Å². The fraction of sp³-hybridized carbons (Fsp3) is 0.286. The first-order chi connectivity index (χ1) is 48.2. The van der Waals surface area contributed by atoms with Gasteiger partial charge in [-0.2, -0.15) is 0 Å². The molecule has 99 heavy (non-hydrogen) atoms. The number of hydrogen-bond acceptors (Lipinski definition) is 14. The smallest absolute Gasteiger partial charge is 0.271 e. The number of amides is 4. The second kappa shape index (κ2) is 37.4. The minimum Gasteiger partial charge on any atom is -0.483 e. The Bertz CT molecular complexity index is 4110. The SMILES string of the molecule is Cc1c(C(=O)NCCCC(CCCNC(=O)c2c(OCc3ccccc3)c(=O)ccn2CCOCc2ccccc2)(CCCNC(=O)c2c(OCc3ccccc3)c(=O)ccn2CCOCc2ccccc2)NC(=O)c2ccc([N+](=O)[O-])cc2)n(CCOCc2ccccc2)ccc1=O. The lowest BCUT2D eigenvalue weighted by Gasteiger charge is -2.36. The average Bonchev–Trinajstić information content (AvgIpc) is 0.826. The predicted octanol–water partition coefficient (Wildman–Crippen LogP) is 10.3. The second-order valence-electron chi connectivity index (χ2n) is 23.7. The highest BCUT2D eigenvalue weighted by molar-refractivity contribution is 5.96. The van der Waals surface area contributed by atoms with Crippen molar-refractivity contribution in [3.63, 3.8) is 0 Å². The van der Waals surface area contributed by atoms with Crippen LogP contribution in [0.3, 0.4) is 0 Å². The number of nitro groups is 1. The van der Waals surface area contributed by atoms with Gasteiger partial charge in [-0.1, -0.05) is 152 Å². The topological polar surface area (TPSA) is 272 Å². The van der Waals surface area contributed by atoms with Crippen molar-refractivity contribution in [1.82, 2.24) is 35.0 Å². The Kier molecular flexibility index (Phi) is 27.3. The molecule has 22 heteroatoms. The molecule has 22 nitrogen and oxygen atoms in total. The molecule has 0 saturated heterocycles. The quantitative estimate of drug-likeness (QED) is 0.0159. The lowest BCUT2D eigenvalue weighted by atomic mass is 9.83. The molecular formula is C77H82N8O14. The fourth-order valence-corrected chi connectivity index (χ4v) is 11.4. The highest BCUT2D eigenvalue weighted by atomic mass is 16.6. The van der Waals surface area contributed by atoms with Crippen LogP contribution in [0.25, 0.3) is 0 Å². The first-order valence-electron chi connectivity index (χ1n) is 33.0. The first kappa shape index (κ1) is 72.2. The second-order valence-corrected chi connectivity index (χ2v) is 23.7. The van der Waals surface area contributed by atoms with Gasteiger partial charge in [0.25, 0.3) is 29.3 Å². The zero-order chi connectivity index (χ0) is 69.6. The van der Waals surface area contributed by atoms with Gasteiger partial charge in [-0.3, -0.25) is 43.7 Å². The molecule has 6 aromatic carbocycles. The summed E-state index contributed by atoms with van der Waals surface area (Å²) >= 11 is 0. The number of carbonyl (C=O) groups excluding carboxylic acids is 4. The maximum Gasteiger partial charge on any atom is 0.271 e. The number of aromatic nitrogens is 3. The minimum atomic E-state index is -1.19. The Morgan fingerprint density at radius 1 is 0.414 bits per heavy atom. The molecule has 9 aromatic rings. The standard InChI is InChI=1S/C77H82N8O14/c1-57-65(86)34-43-82(46-49-95-52-58-20-7-2-8-21-58)68(57)74(90)78-40-17-37-77(81-73(89)63-30-32-64(33-31-63)85(93)94,38-18-41-79-75(91)69-71(98-55-61-26-13-5-14-27-61)66(87)35-44-83(69)47-50-96-53-59-22-9-3-10-23-59)39-19-42-80-76(92)70-72(99-56-62-28-15-6-16-29-62)67(88)36-45-84(70)48-51-97-54-60-24-11-4-12-25-60/h2-16,20-36,43-45H,17-19,37-42,46-56H2,1H3,(H,78,90)(H,79,91)(H,80,92)(H,81,89). The van der Waals surface area contributed by atoms with Crippen molar-refractivity contribution in [1.29, 1.82) is 0 Å². The van der Waals surface area contributed by atoms with Crippen molar-refractivity contribution < 1.29 is 47.8 Å². The number of nitrogens with one attached hydrogen (secondary N) is 4. The van der Waals surface area contributed by atoms with Crippen molar-refractivity contribution in [3.8, 4) is 11.5 Å². The van der Waals surface area contributed by atoms with Crippen LogP contribution in [0.5, 0.6) is 11.5 Å². The molecule has 514 valence electrons. The number of hydrogen-bond donors (Lipinski definition) is 4. The van der Waals surface area contributed by atoms with Gasteiger partial charge in [0.05, 0.1) is 44.6 Å². The summed E-state index contributed by atoms with van der Waals surface area (Å²) in [4.78, 5) is 110. The normalized spacial score (nSPS) is 11.2. The van der Waals surface area contributed by atoms with E-state index in [1.807, 2.05) is 152 Å². The molecular weight excluding hydrogens is 1260 g/mol. The number of benzene rings is 6. The van der Waals surface area contributed by atoms with E-state index in [4.69, 9.17) is 23.7 Å². The third-order valence-corrected chi connectivity index (χ3v) is 16.6. The van der Waals surface area contributed by atoms with E-state index in [-0.39, 0.29) is 162 Å². The van der Waals surface area contributed by atoms with Crippen molar-refractivity contribution in [2.24, 2.45) is 0 Å². The van der Waals surface area contributed by atoms with E-state index >= 15 is 0 Å². The zero-order valence-electron chi connectivity index (χ0n) is 55.4. The van der Waals surface area contributed by atoms with Crippen LogP contribution in [0.15, 0.2) is 227 Å². The Balaban J connectivity index is 0.976. The molecule has 0 atom stereocenters. The summed E-state index contributed by atoms with van der Waals surface area (Å²) in [6, 6.07) is 56.5. The van der Waals surface area contributed by atoms with Crippen molar-refractivity contribution in [3.05, 3.63) is 310 Å². The van der Waals surface area contributed by atoms with Gasteiger partial charge in [-0.25, -0.2) is 0 Å². The maximum atomic E-state index is 14.7. The van der Waals surface area contributed by atoms with E-state index in [2.05, 4.69) is 21.3 Å². The van der Waals surface area contributed by atoms with Crippen LogP contribution >= 0.6 is 0 Å². The summed E-state index contributed by atoms with van der Waals surface area (Å²) in [5, 5.41) is 24.0. The molecule has 0 aliphatic carbocycles. The van der Waals surface area contributed by atoms with Gasteiger partial charge in [0.2, 0.25) is 10.9 Å². The molecule has 4 amide bonds. The third kappa shape index (κ3) is 21.7. The van der Waals surface area contributed by atoms with Crippen LogP contribution in [0, 0.1) is 17.0 Å². The van der Waals surface area contributed by atoms with Gasteiger partial charge >= 0.3 is 0 Å². The van der Waals surface area contributed by atoms with Crippen molar-refractivity contribution >= 4 is 29.3 Å². The van der Waals surface area contributed by atoms with Crippen molar-refractivity contribution in [2.75, 3.05) is 39.5 Å². The molecule has 0 aliphatic heterocycles. The first-order valence-corrected chi connectivity index (χ1v) is 33.0. The van der Waals surface area contributed by atoms with Gasteiger partial charge in [-0.15, -0.1) is 0 Å². The summed E-state index contributed by atoms with van der Waals surface area (Å²) in [7, 11) is 0. The van der Waals surface area contributed by atoms with Gasteiger partial charge in [0.15, 0.2) is 28.3 Å². The maximum absolute atomic E-state index is 14.7. The number of nitrogens with zero attached hydrogens (tertiary/aromatic N) is 4. The molecule has 4 N–H and O–H groups in total. The lowest BCUT2D eigenvalue weighted by Crippen LogP contribution is -2.50. The Morgan fingerprint density at radius 2 is 0.737 bits per heavy atom. The number of pyridine rings is 3. The van der Waals surface area contributed by atoms with Crippen LogP contribution in [0.4, 0.5) is 5.69 Å². The highest BCUT2D eigenvalue weighted by Crippen LogP contribution is 2.28. The Morgan fingerprint density at radius 3 is 1.09 bits per heavy atom. The van der Waals surface area contributed by atoms with Gasteiger partial charge in [0.1, 0.15) is 18.9 Å². The van der Waals surface area contributed by atoms with Gasteiger partial charge in [0, 0.05) is 105 Å². The molecule has 0 fully saturated rings. The van der Waals surface area contributed by atoms with Crippen LogP contribution in [0.2, 0.25) is 0 Å². The molecule has 3 heterocycles. The third-order valence-electron chi connectivity index (χ3n) is 16.6. The Labute approximate surface area is 573 Å². The van der Waals surface area contributed by atoms with Crippen LogP contribution in [0.1, 0.15) is 114 Å². The van der Waals surface area contributed by atoms with Crippen molar-refractivity contribution in [2.45, 2.75) is 104 Å². The number of non-ortho nitro benzene ring substituents is 1. The molecule has 3 aromatic heterocycles. The van der Waals surface area contributed by atoms with Crippen LogP contribution < -0.4 is 47.0 Å². The van der Waals surface area contributed by atoms with E-state index in [1.54, 1.807) is 26.8 Å². The van der Waals surface area contributed by atoms with Crippen LogP contribution in [-0.4, -0.2) is 87.2 Å². The monoisotopic (exact) mass is 1340 g/mol. The predicted molar refractivity (Wildman–Crippen MR) is 375 cm³/mol. The molecule has 0 unspecified atom stereocenters. The summed E-state index contributed by atoms with van der Waals surface area (Å²) in [5.41, 5.74) is 2.11. The minimum absolute atomic E-state index is 0.00404. The van der Waals surface area contributed by atoms with Crippen LogP contribution in [-0.2, 0) is 66.9 Å². The van der Waals surface area contributed by atoms with E-state index in [1.165, 1.54) is 54.9 Å². The summed E-state index contributed by atoms with van der Waals surface area (Å²) in [5.74, 6) is -2.64. The molecule has 0 saturated carbocycles. The molecule has 0 radical (unpaired) electrons. The van der Waals surface area contributed by atoms with Gasteiger partial charge in [-0.05, 0) is 85.4 Å².